The Labute approximate surface area is 165 Å². The van der Waals surface area contributed by atoms with Gasteiger partial charge in [0, 0.05) is 43.9 Å². The van der Waals surface area contributed by atoms with Crippen LogP contribution in [0.3, 0.4) is 0 Å². The molecule has 2 aromatic rings. The van der Waals surface area contributed by atoms with Crippen molar-refractivity contribution in [1.29, 1.82) is 0 Å². The lowest BCUT2D eigenvalue weighted by molar-refractivity contribution is 0.0948. The summed E-state index contributed by atoms with van der Waals surface area (Å²) in [6.07, 6.45) is 4.29. The van der Waals surface area contributed by atoms with Crippen molar-refractivity contribution in [2.75, 3.05) is 39.3 Å². The first kappa shape index (κ1) is 19.0. The SMILES string of the molecule is O=C(NCCc1ccc(OCCN2CCCC2)cc1)c1n[nH]c2c1CNCC2. The fourth-order valence-electron chi connectivity index (χ4n) is 3.87. The fourth-order valence-corrected chi connectivity index (χ4v) is 3.87. The fraction of sp³-hybridized carbons (Fsp3) is 0.524. The van der Waals surface area contributed by atoms with Crippen molar-refractivity contribution in [2.24, 2.45) is 0 Å². The number of benzene rings is 1. The second kappa shape index (κ2) is 9.21. The molecule has 3 heterocycles. The zero-order chi connectivity index (χ0) is 19.2. The van der Waals surface area contributed by atoms with E-state index in [4.69, 9.17) is 4.74 Å². The molecule has 0 unspecified atom stereocenters. The summed E-state index contributed by atoms with van der Waals surface area (Å²) in [6.45, 7) is 6.35. The van der Waals surface area contributed by atoms with Crippen LogP contribution in [0.2, 0.25) is 0 Å². The second-order valence-electron chi connectivity index (χ2n) is 7.50. The van der Waals surface area contributed by atoms with E-state index in [1.165, 1.54) is 31.5 Å². The smallest absolute Gasteiger partial charge is 0.272 e. The number of nitrogens with zero attached hydrogens (tertiary/aromatic N) is 2. The molecule has 0 saturated carbocycles. The molecule has 0 bridgehead atoms. The molecule has 1 aromatic heterocycles. The van der Waals surface area contributed by atoms with Crippen molar-refractivity contribution in [3.63, 3.8) is 0 Å². The molecule has 0 atom stereocenters. The van der Waals surface area contributed by atoms with Gasteiger partial charge in [-0.1, -0.05) is 12.1 Å². The van der Waals surface area contributed by atoms with E-state index >= 15 is 0 Å². The molecule has 150 valence electrons. The number of likely N-dealkylation sites (tertiary alicyclic amines) is 1. The van der Waals surface area contributed by atoms with Crippen LogP contribution in [0.15, 0.2) is 24.3 Å². The summed E-state index contributed by atoms with van der Waals surface area (Å²) in [5.41, 5.74) is 3.77. The number of hydrogen-bond donors (Lipinski definition) is 3. The maximum atomic E-state index is 12.4. The van der Waals surface area contributed by atoms with Gasteiger partial charge in [0.2, 0.25) is 0 Å². The number of amides is 1. The molecule has 2 aliphatic heterocycles. The van der Waals surface area contributed by atoms with E-state index in [1.807, 2.05) is 12.1 Å². The first-order chi connectivity index (χ1) is 13.8. The van der Waals surface area contributed by atoms with Gasteiger partial charge in [0.15, 0.2) is 5.69 Å². The minimum Gasteiger partial charge on any atom is -0.492 e. The highest BCUT2D eigenvalue weighted by atomic mass is 16.5. The minimum atomic E-state index is -0.108. The van der Waals surface area contributed by atoms with Crippen molar-refractivity contribution in [3.05, 3.63) is 46.8 Å². The Morgan fingerprint density at radius 3 is 2.86 bits per heavy atom. The van der Waals surface area contributed by atoms with Gasteiger partial charge in [-0.25, -0.2) is 0 Å². The molecular weight excluding hydrogens is 354 g/mol. The average Bonchev–Trinajstić information content (AvgIpc) is 3.39. The topological polar surface area (TPSA) is 82.3 Å². The quantitative estimate of drug-likeness (QED) is 0.644. The zero-order valence-corrected chi connectivity index (χ0v) is 16.3. The second-order valence-corrected chi connectivity index (χ2v) is 7.50. The number of aromatic amines is 1. The number of H-pyrrole nitrogens is 1. The molecule has 1 aromatic carbocycles. The summed E-state index contributed by atoms with van der Waals surface area (Å²) in [4.78, 5) is 14.9. The highest BCUT2D eigenvalue weighted by molar-refractivity contribution is 5.94. The zero-order valence-electron chi connectivity index (χ0n) is 16.3. The van der Waals surface area contributed by atoms with Crippen LogP contribution in [-0.4, -0.2) is 60.3 Å². The van der Waals surface area contributed by atoms with Gasteiger partial charge in [0.1, 0.15) is 12.4 Å². The summed E-state index contributed by atoms with van der Waals surface area (Å²) >= 11 is 0. The van der Waals surface area contributed by atoms with Crippen LogP contribution < -0.4 is 15.4 Å². The molecule has 0 radical (unpaired) electrons. The van der Waals surface area contributed by atoms with Gasteiger partial charge in [0.05, 0.1) is 0 Å². The van der Waals surface area contributed by atoms with Gasteiger partial charge >= 0.3 is 0 Å². The number of fused-ring (bicyclic) bond motifs is 1. The lowest BCUT2D eigenvalue weighted by Crippen LogP contribution is -2.29. The minimum absolute atomic E-state index is 0.108. The lowest BCUT2D eigenvalue weighted by Gasteiger charge is -2.15. The van der Waals surface area contributed by atoms with Gasteiger partial charge in [-0.05, 0) is 50.0 Å². The monoisotopic (exact) mass is 383 g/mol. The third-order valence-electron chi connectivity index (χ3n) is 5.52. The standard InChI is InChI=1S/C21H29N5O2/c27-21(20-18-15-22-9-8-19(18)24-25-20)23-10-7-16-3-5-17(6-4-16)28-14-13-26-11-1-2-12-26/h3-6,22H,1-2,7-15H2,(H,23,27)(H,24,25). The lowest BCUT2D eigenvalue weighted by atomic mass is 10.1. The van der Waals surface area contributed by atoms with Crippen molar-refractivity contribution in [3.8, 4) is 5.75 Å². The van der Waals surface area contributed by atoms with E-state index in [0.29, 0.717) is 18.8 Å². The normalized spacial score (nSPS) is 16.7. The molecule has 2 aliphatic rings. The molecule has 7 heteroatoms. The first-order valence-corrected chi connectivity index (χ1v) is 10.3. The number of aromatic nitrogens is 2. The molecule has 0 aliphatic carbocycles. The Kier molecular flexibility index (Phi) is 6.24. The van der Waals surface area contributed by atoms with Crippen molar-refractivity contribution >= 4 is 5.91 Å². The molecule has 1 amide bonds. The Morgan fingerprint density at radius 1 is 1.21 bits per heavy atom. The van der Waals surface area contributed by atoms with E-state index in [1.54, 1.807) is 0 Å². The van der Waals surface area contributed by atoms with Gasteiger partial charge in [-0.2, -0.15) is 5.10 Å². The summed E-state index contributed by atoms with van der Waals surface area (Å²) in [6, 6.07) is 8.16. The number of nitrogens with one attached hydrogen (secondary N) is 3. The van der Waals surface area contributed by atoms with Gasteiger partial charge in [-0.3, -0.25) is 14.8 Å². The van der Waals surface area contributed by atoms with Crippen LogP contribution in [-0.2, 0) is 19.4 Å². The van der Waals surface area contributed by atoms with Crippen molar-refractivity contribution < 1.29 is 9.53 Å². The predicted octanol–water partition coefficient (Wildman–Crippen LogP) is 1.50. The van der Waals surface area contributed by atoms with Crippen LogP contribution in [0.5, 0.6) is 5.75 Å². The summed E-state index contributed by atoms with van der Waals surface area (Å²) in [5, 5.41) is 13.4. The summed E-state index contributed by atoms with van der Waals surface area (Å²) in [5.74, 6) is 0.797. The Bertz CT molecular complexity index is 781. The third-order valence-corrected chi connectivity index (χ3v) is 5.52. The van der Waals surface area contributed by atoms with Crippen LogP contribution >= 0.6 is 0 Å². The molecular formula is C21H29N5O2. The maximum Gasteiger partial charge on any atom is 0.272 e. The highest BCUT2D eigenvalue weighted by Crippen LogP contribution is 2.16. The summed E-state index contributed by atoms with van der Waals surface area (Å²) in [7, 11) is 0. The Hall–Kier alpha value is -2.38. The number of hydrogen-bond acceptors (Lipinski definition) is 5. The van der Waals surface area contributed by atoms with E-state index in [9.17, 15) is 4.79 Å². The molecule has 1 saturated heterocycles. The van der Waals surface area contributed by atoms with E-state index in [2.05, 4.69) is 37.9 Å². The third kappa shape index (κ3) is 4.72. The Balaban J connectivity index is 1.19. The van der Waals surface area contributed by atoms with E-state index < -0.39 is 0 Å². The van der Waals surface area contributed by atoms with Gasteiger partial charge < -0.3 is 15.4 Å². The number of carbonyl (C=O) groups is 1. The van der Waals surface area contributed by atoms with Gasteiger partial charge in [0.25, 0.3) is 5.91 Å². The number of rotatable bonds is 8. The average molecular weight is 383 g/mol. The van der Waals surface area contributed by atoms with Crippen molar-refractivity contribution in [1.82, 2.24) is 25.7 Å². The molecule has 0 spiro atoms. The maximum absolute atomic E-state index is 12.4. The number of ether oxygens (including phenoxy) is 1. The van der Waals surface area contributed by atoms with Crippen LogP contribution in [0.1, 0.15) is 40.2 Å². The van der Waals surface area contributed by atoms with E-state index in [-0.39, 0.29) is 5.91 Å². The molecule has 28 heavy (non-hydrogen) atoms. The molecule has 4 rings (SSSR count). The molecule has 7 nitrogen and oxygen atoms in total. The molecule has 1 fully saturated rings. The Morgan fingerprint density at radius 2 is 2.04 bits per heavy atom. The van der Waals surface area contributed by atoms with E-state index in [0.717, 1.165) is 49.5 Å². The van der Waals surface area contributed by atoms with Gasteiger partial charge in [-0.15, -0.1) is 0 Å². The first-order valence-electron chi connectivity index (χ1n) is 10.3. The highest BCUT2D eigenvalue weighted by Gasteiger charge is 2.21. The molecule has 3 N–H and O–H groups in total. The van der Waals surface area contributed by atoms with Crippen LogP contribution in [0, 0.1) is 0 Å². The summed E-state index contributed by atoms with van der Waals surface area (Å²) < 4.78 is 5.84. The predicted molar refractivity (Wildman–Crippen MR) is 108 cm³/mol. The van der Waals surface area contributed by atoms with Crippen LogP contribution in [0.4, 0.5) is 0 Å². The number of carbonyl (C=O) groups excluding carboxylic acids is 1. The van der Waals surface area contributed by atoms with Crippen LogP contribution in [0.25, 0.3) is 0 Å². The van der Waals surface area contributed by atoms with Crippen molar-refractivity contribution in [2.45, 2.75) is 32.2 Å². The largest absolute Gasteiger partial charge is 0.492 e.